The fourth-order valence-electron chi connectivity index (χ4n) is 3.22. The average Bonchev–Trinajstić information content (AvgIpc) is 2.90. The lowest BCUT2D eigenvalue weighted by molar-refractivity contribution is 0.551. The molecule has 1 aliphatic heterocycles. The van der Waals surface area contributed by atoms with Gasteiger partial charge in [-0.15, -0.1) is 0 Å². The van der Waals surface area contributed by atoms with Crippen molar-refractivity contribution in [1.82, 2.24) is 0 Å². The molecule has 3 heteroatoms. The predicted octanol–water partition coefficient (Wildman–Crippen LogP) is 2.27. The molecule has 1 saturated carbocycles. The van der Waals surface area contributed by atoms with Gasteiger partial charge in [0.1, 0.15) is 5.82 Å². The summed E-state index contributed by atoms with van der Waals surface area (Å²) < 4.78 is 13.1. The van der Waals surface area contributed by atoms with Crippen LogP contribution < -0.4 is 10.6 Å². The molecule has 2 atom stereocenters. The van der Waals surface area contributed by atoms with Crippen LogP contribution in [0.5, 0.6) is 0 Å². The predicted molar refractivity (Wildman–Crippen MR) is 62.8 cm³/mol. The van der Waals surface area contributed by atoms with E-state index in [-0.39, 0.29) is 5.82 Å². The quantitative estimate of drug-likeness (QED) is 0.828. The number of nitrogens with two attached hydrogens (primary N) is 1. The Morgan fingerprint density at radius 3 is 2.88 bits per heavy atom. The zero-order valence-electron chi connectivity index (χ0n) is 9.32. The van der Waals surface area contributed by atoms with Crippen LogP contribution in [0.3, 0.4) is 0 Å². The molecular formula is C13H17FN2. The molecule has 2 N–H and O–H groups in total. The molecule has 2 bridgehead atoms. The minimum atomic E-state index is -0.187. The summed E-state index contributed by atoms with van der Waals surface area (Å²) in [5, 5.41) is 0. The lowest BCUT2D eigenvalue weighted by Gasteiger charge is -2.30. The molecule has 3 rings (SSSR count). The standard InChI is InChI=1S/C13H17FN2/c14-11-2-4-13(10(6-11)7-15)16-8-9-1-3-12(16)5-9/h2,4,6,9,12H,1,3,5,7-8,15H2. The first kappa shape index (κ1) is 10.1. The number of rotatable bonds is 2. The Labute approximate surface area is 95.2 Å². The zero-order chi connectivity index (χ0) is 11.1. The van der Waals surface area contributed by atoms with Gasteiger partial charge in [0.05, 0.1) is 0 Å². The van der Waals surface area contributed by atoms with E-state index in [2.05, 4.69) is 4.90 Å². The number of halogens is 1. The van der Waals surface area contributed by atoms with Gasteiger partial charge in [-0.25, -0.2) is 4.39 Å². The van der Waals surface area contributed by atoms with Gasteiger partial charge in [-0.05, 0) is 48.9 Å². The molecule has 1 aliphatic carbocycles. The molecule has 0 radical (unpaired) electrons. The first-order valence-electron chi connectivity index (χ1n) is 6.03. The highest BCUT2D eigenvalue weighted by molar-refractivity contribution is 5.56. The highest BCUT2D eigenvalue weighted by atomic mass is 19.1. The molecular weight excluding hydrogens is 203 g/mol. The van der Waals surface area contributed by atoms with E-state index in [1.807, 2.05) is 6.07 Å². The maximum absolute atomic E-state index is 13.1. The van der Waals surface area contributed by atoms with Gasteiger partial charge >= 0.3 is 0 Å². The van der Waals surface area contributed by atoms with Crippen molar-refractivity contribution < 1.29 is 4.39 Å². The van der Waals surface area contributed by atoms with Crippen LogP contribution in [0, 0.1) is 11.7 Å². The Balaban J connectivity index is 1.94. The van der Waals surface area contributed by atoms with Crippen molar-refractivity contribution in [3.05, 3.63) is 29.6 Å². The highest BCUT2D eigenvalue weighted by Gasteiger charge is 2.38. The third-order valence-electron chi connectivity index (χ3n) is 3.98. The van der Waals surface area contributed by atoms with Crippen LogP contribution in [-0.4, -0.2) is 12.6 Å². The Morgan fingerprint density at radius 1 is 1.38 bits per heavy atom. The lowest BCUT2D eigenvalue weighted by atomic mass is 10.1. The number of piperidine rings is 1. The average molecular weight is 220 g/mol. The fraction of sp³-hybridized carbons (Fsp3) is 0.538. The summed E-state index contributed by atoms with van der Waals surface area (Å²) >= 11 is 0. The third kappa shape index (κ3) is 1.50. The second-order valence-corrected chi connectivity index (χ2v) is 4.96. The van der Waals surface area contributed by atoms with Crippen molar-refractivity contribution in [3.63, 3.8) is 0 Å². The first-order valence-corrected chi connectivity index (χ1v) is 6.03. The maximum atomic E-state index is 13.1. The number of nitrogens with zero attached hydrogens (tertiary/aromatic N) is 1. The van der Waals surface area contributed by atoms with Crippen LogP contribution in [0.1, 0.15) is 24.8 Å². The summed E-state index contributed by atoms with van der Waals surface area (Å²) in [7, 11) is 0. The van der Waals surface area contributed by atoms with Crippen molar-refractivity contribution in [1.29, 1.82) is 0 Å². The summed E-state index contributed by atoms with van der Waals surface area (Å²) in [4.78, 5) is 2.43. The molecule has 0 aromatic heterocycles. The minimum absolute atomic E-state index is 0.187. The van der Waals surface area contributed by atoms with E-state index in [0.717, 1.165) is 23.7 Å². The van der Waals surface area contributed by atoms with Gasteiger partial charge in [0.2, 0.25) is 0 Å². The number of benzene rings is 1. The number of anilines is 1. The van der Waals surface area contributed by atoms with Gasteiger partial charge in [-0.1, -0.05) is 0 Å². The zero-order valence-corrected chi connectivity index (χ0v) is 9.32. The van der Waals surface area contributed by atoms with Gasteiger partial charge in [0, 0.05) is 24.8 Å². The van der Waals surface area contributed by atoms with Crippen LogP contribution in [0.2, 0.25) is 0 Å². The van der Waals surface area contributed by atoms with E-state index in [1.165, 1.54) is 19.3 Å². The van der Waals surface area contributed by atoms with Gasteiger partial charge in [-0.2, -0.15) is 0 Å². The smallest absolute Gasteiger partial charge is 0.123 e. The molecule has 1 aromatic carbocycles. The molecule has 16 heavy (non-hydrogen) atoms. The van der Waals surface area contributed by atoms with E-state index >= 15 is 0 Å². The summed E-state index contributed by atoms with van der Waals surface area (Å²) in [6.07, 6.45) is 3.95. The Bertz CT molecular complexity index is 405. The molecule has 2 aliphatic rings. The van der Waals surface area contributed by atoms with Gasteiger partial charge in [-0.3, -0.25) is 0 Å². The second kappa shape index (κ2) is 3.74. The Morgan fingerprint density at radius 2 is 2.25 bits per heavy atom. The topological polar surface area (TPSA) is 29.3 Å². The maximum Gasteiger partial charge on any atom is 0.123 e. The molecule has 1 saturated heterocycles. The Kier molecular flexibility index (Phi) is 2.36. The van der Waals surface area contributed by atoms with Gasteiger partial charge < -0.3 is 10.6 Å². The Hall–Kier alpha value is -1.09. The minimum Gasteiger partial charge on any atom is -0.368 e. The molecule has 2 fully saturated rings. The van der Waals surface area contributed by atoms with Crippen LogP contribution in [0.15, 0.2) is 18.2 Å². The molecule has 86 valence electrons. The highest BCUT2D eigenvalue weighted by Crippen LogP contribution is 2.41. The molecule has 2 unspecified atom stereocenters. The van der Waals surface area contributed by atoms with Crippen molar-refractivity contribution in [3.8, 4) is 0 Å². The van der Waals surface area contributed by atoms with Crippen LogP contribution >= 0.6 is 0 Å². The van der Waals surface area contributed by atoms with Crippen molar-refractivity contribution in [2.45, 2.75) is 31.8 Å². The molecule has 1 heterocycles. The normalized spacial score (nSPS) is 27.8. The number of hydrogen-bond donors (Lipinski definition) is 1. The largest absolute Gasteiger partial charge is 0.368 e. The fourth-order valence-corrected chi connectivity index (χ4v) is 3.22. The summed E-state index contributed by atoms with van der Waals surface area (Å²) in [5.74, 6) is 0.661. The van der Waals surface area contributed by atoms with E-state index in [9.17, 15) is 4.39 Å². The number of hydrogen-bond acceptors (Lipinski definition) is 2. The van der Waals surface area contributed by atoms with Gasteiger partial charge in [0.15, 0.2) is 0 Å². The summed E-state index contributed by atoms with van der Waals surface area (Å²) in [5.41, 5.74) is 7.78. The van der Waals surface area contributed by atoms with E-state index in [4.69, 9.17) is 5.73 Å². The monoisotopic (exact) mass is 220 g/mol. The van der Waals surface area contributed by atoms with Crippen LogP contribution in [0.25, 0.3) is 0 Å². The molecule has 0 spiro atoms. The third-order valence-corrected chi connectivity index (χ3v) is 3.98. The van der Waals surface area contributed by atoms with E-state index in [1.54, 1.807) is 12.1 Å². The van der Waals surface area contributed by atoms with Crippen molar-refractivity contribution >= 4 is 5.69 Å². The van der Waals surface area contributed by atoms with Crippen LogP contribution in [-0.2, 0) is 6.54 Å². The van der Waals surface area contributed by atoms with Crippen molar-refractivity contribution in [2.24, 2.45) is 11.7 Å². The van der Waals surface area contributed by atoms with Crippen LogP contribution in [0.4, 0.5) is 10.1 Å². The molecule has 1 aromatic rings. The first-order chi connectivity index (χ1) is 7.78. The SMILES string of the molecule is NCc1cc(F)ccc1N1CC2CCC1C2. The van der Waals surface area contributed by atoms with Crippen molar-refractivity contribution in [2.75, 3.05) is 11.4 Å². The molecule has 2 nitrogen and oxygen atoms in total. The summed E-state index contributed by atoms with van der Waals surface area (Å²) in [6, 6.07) is 5.67. The number of fused-ring (bicyclic) bond motifs is 2. The summed E-state index contributed by atoms with van der Waals surface area (Å²) in [6.45, 7) is 1.55. The second-order valence-electron chi connectivity index (χ2n) is 4.96. The lowest BCUT2D eigenvalue weighted by Crippen LogP contribution is -2.32. The van der Waals surface area contributed by atoms with E-state index in [0.29, 0.717) is 12.6 Å². The van der Waals surface area contributed by atoms with Gasteiger partial charge in [0.25, 0.3) is 0 Å². The van der Waals surface area contributed by atoms with E-state index < -0.39 is 0 Å². The molecule has 0 amide bonds.